The number of likely N-dealkylation sites (tertiary alicyclic amines) is 1. The van der Waals surface area contributed by atoms with Crippen molar-refractivity contribution in [3.05, 3.63) is 42.5 Å². The number of nitrogens with one attached hydrogen (secondary N) is 2. The van der Waals surface area contributed by atoms with Crippen molar-refractivity contribution in [3.8, 4) is 11.5 Å². The Morgan fingerprint density at radius 2 is 2.14 bits per heavy atom. The highest BCUT2D eigenvalue weighted by atomic mass is 19.4. The van der Waals surface area contributed by atoms with Crippen molar-refractivity contribution in [3.63, 3.8) is 0 Å². The molecule has 9 nitrogen and oxygen atoms in total. The van der Waals surface area contributed by atoms with Crippen LogP contribution in [0.1, 0.15) is 19.2 Å². The van der Waals surface area contributed by atoms with Gasteiger partial charge in [-0.2, -0.15) is 23.3 Å². The lowest BCUT2D eigenvalue weighted by Crippen LogP contribution is -2.43. The van der Waals surface area contributed by atoms with Gasteiger partial charge in [0.15, 0.2) is 0 Å². The van der Waals surface area contributed by atoms with Crippen molar-refractivity contribution in [2.45, 2.75) is 38.7 Å². The molecule has 2 atom stereocenters. The van der Waals surface area contributed by atoms with Gasteiger partial charge in [0.25, 0.3) is 0 Å². The smallest absolute Gasteiger partial charge is 0.381 e. The van der Waals surface area contributed by atoms with Gasteiger partial charge in [-0.05, 0) is 44.1 Å². The maximum atomic E-state index is 13.6. The molecular weight excluding hydrogens is 473 g/mol. The third kappa shape index (κ3) is 5.03. The number of aromatic amines is 1. The first-order valence-electron chi connectivity index (χ1n) is 11.8. The molecule has 0 spiro atoms. The molecule has 3 aromatic heterocycles. The molecule has 4 heterocycles. The molecule has 4 aromatic rings. The first-order chi connectivity index (χ1) is 17.2. The van der Waals surface area contributed by atoms with Gasteiger partial charge in [0.05, 0.1) is 29.6 Å². The summed E-state index contributed by atoms with van der Waals surface area (Å²) in [5.74, 6) is 0.809. The van der Waals surface area contributed by atoms with Crippen LogP contribution < -0.4 is 10.2 Å². The van der Waals surface area contributed by atoms with Crippen LogP contribution in [-0.4, -0.2) is 69.2 Å². The minimum Gasteiger partial charge on any atom is -0.381 e. The summed E-state index contributed by atoms with van der Waals surface area (Å²) >= 11 is 0. The van der Waals surface area contributed by atoms with Crippen LogP contribution in [-0.2, 0) is 13.1 Å². The van der Waals surface area contributed by atoms with E-state index < -0.39 is 12.7 Å². The van der Waals surface area contributed by atoms with Gasteiger partial charge in [0.1, 0.15) is 6.54 Å². The number of hydrogen-bond acceptors (Lipinski definition) is 7. The number of piperidine rings is 1. The third-order valence-electron chi connectivity index (χ3n) is 6.73. The van der Waals surface area contributed by atoms with Crippen LogP contribution in [0.25, 0.3) is 22.4 Å². The Hall–Kier alpha value is -3.54. The normalized spacial score (nSPS) is 19.2. The SMILES string of the molecule is C[C@H]1CN(C)CC[C@H]1Nc1cccc2c1cc(-c1noc(CN(C)c3cn[nH]c3)n1)n2CC(F)(F)F. The largest absolute Gasteiger partial charge is 0.406 e. The molecule has 1 saturated heterocycles. The Bertz CT molecular complexity index is 1310. The second kappa shape index (κ2) is 9.49. The topological polar surface area (TPSA) is 91.0 Å². The average Bonchev–Trinajstić information content (AvgIpc) is 3.56. The van der Waals surface area contributed by atoms with E-state index in [4.69, 9.17) is 4.52 Å². The highest BCUT2D eigenvalue weighted by molar-refractivity contribution is 5.96. The van der Waals surface area contributed by atoms with Gasteiger partial charge in [-0.1, -0.05) is 18.1 Å². The summed E-state index contributed by atoms with van der Waals surface area (Å²) in [6.07, 6.45) is -0.0837. The van der Waals surface area contributed by atoms with Gasteiger partial charge in [-0.25, -0.2) is 0 Å². The van der Waals surface area contributed by atoms with E-state index in [1.165, 1.54) is 4.57 Å². The van der Waals surface area contributed by atoms with Gasteiger partial charge >= 0.3 is 6.18 Å². The lowest BCUT2D eigenvalue weighted by atomic mass is 9.94. The first kappa shape index (κ1) is 24.2. The zero-order valence-electron chi connectivity index (χ0n) is 20.4. The summed E-state index contributed by atoms with van der Waals surface area (Å²) in [6.45, 7) is 3.25. The molecule has 1 fully saturated rings. The number of rotatable bonds is 7. The summed E-state index contributed by atoms with van der Waals surface area (Å²) in [7, 11) is 3.93. The van der Waals surface area contributed by atoms with Crippen LogP contribution in [0.15, 0.2) is 41.2 Å². The number of anilines is 2. The van der Waals surface area contributed by atoms with Crippen molar-refractivity contribution < 1.29 is 17.7 Å². The number of fused-ring (bicyclic) bond motifs is 1. The Balaban J connectivity index is 1.49. The molecule has 36 heavy (non-hydrogen) atoms. The lowest BCUT2D eigenvalue weighted by molar-refractivity contribution is -0.139. The summed E-state index contributed by atoms with van der Waals surface area (Å²) < 4.78 is 47.5. The monoisotopic (exact) mass is 502 g/mol. The standard InChI is InChI=1S/C24H29F3N8O/c1-15-12-33(2)8-7-18(15)30-19-5-4-6-20-17(19)9-21(35(20)14-24(25,26)27)23-31-22(36-32-23)13-34(3)16-10-28-29-11-16/h4-6,9-11,15,18,30H,7-8,12-14H2,1-3H3,(H,28,29)/t15-,18+/m0/s1. The molecule has 1 aliphatic heterocycles. The second-order valence-electron chi connectivity index (χ2n) is 9.57. The molecule has 0 saturated carbocycles. The molecule has 12 heteroatoms. The molecule has 0 amide bonds. The Morgan fingerprint density at radius 3 is 2.86 bits per heavy atom. The quantitative estimate of drug-likeness (QED) is 0.388. The molecule has 5 rings (SSSR count). The van der Waals surface area contributed by atoms with Gasteiger partial charge in [0, 0.05) is 36.9 Å². The fraction of sp³-hybridized carbons (Fsp3) is 0.458. The van der Waals surface area contributed by atoms with E-state index in [1.54, 1.807) is 30.6 Å². The Labute approximate surface area is 206 Å². The fourth-order valence-corrected chi connectivity index (χ4v) is 4.88. The second-order valence-corrected chi connectivity index (χ2v) is 9.57. The van der Waals surface area contributed by atoms with Gasteiger partial charge < -0.3 is 24.2 Å². The molecule has 0 aliphatic carbocycles. The molecule has 0 unspecified atom stereocenters. The van der Waals surface area contributed by atoms with Crippen LogP contribution in [0.3, 0.4) is 0 Å². The Morgan fingerprint density at radius 1 is 1.31 bits per heavy atom. The van der Waals surface area contributed by atoms with Gasteiger partial charge in [-0.15, -0.1) is 0 Å². The zero-order valence-corrected chi connectivity index (χ0v) is 20.4. The minimum atomic E-state index is -4.42. The highest BCUT2D eigenvalue weighted by Crippen LogP contribution is 2.35. The van der Waals surface area contributed by atoms with E-state index in [1.807, 2.05) is 18.0 Å². The van der Waals surface area contributed by atoms with E-state index >= 15 is 0 Å². The van der Waals surface area contributed by atoms with Crippen LogP contribution in [0, 0.1) is 5.92 Å². The number of alkyl halides is 3. The molecule has 192 valence electrons. The summed E-state index contributed by atoms with van der Waals surface area (Å²) in [6, 6.07) is 7.34. The van der Waals surface area contributed by atoms with Gasteiger partial charge in [-0.3, -0.25) is 5.10 Å². The number of aromatic nitrogens is 5. The predicted molar refractivity (Wildman–Crippen MR) is 131 cm³/mol. The predicted octanol–water partition coefficient (Wildman–Crippen LogP) is 4.37. The van der Waals surface area contributed by atoms with Gasteiger partial charge in [0.2, 0.25) is 11.7 Å². The van der Waals surface area contributed by atoms with Crippen molar-refractivity contribution in [2.75, 3.05) is 37.4 Å². The van der Waals surface area contributed by atoms with E-state index in [9.17, 15) is 13.2 Å². The zero-order chi connectivity index (χ0) is 25.4. The van der Waals surface area contributed by atoms with Crippen molar-refractivity contribution in [1.29, 1.82) is 0 Å². The Kier molecular flexibility index (Phi) is 6.37. The first-order valence-corrected chi connectivity index (χ1v) is 11.8. The number of nitrogens with zero attached hydrogens (tertiary/aromatic N) is 6. The molecule has 1 aromatic carbocycles. The average molecular weight is 503 g/mol. The minimum absolute atomic E-state index is 0.115. The third-order valence-corrected chi connectivity index (χ3v) is 6.73. The van der Waals surface area contributed by atoms with Crippen LogP contribution in [0.4, 0.5) is 24.5 Å². The number of H-pyrrole nitrogens is 1. The van der Waals surface area contributed by atoms with E-state index in [0.717, 1.165) is 30.9 Å². The number of halogens is 3. The number of benzene rings is 1. The van der Waals surface area contributed by atoms with Crippen LogP contribution >= 0.6 is 0 Å². The van der Waals surface area contributed by atoms with Crippen LogP contribution in [0.5, 0.6) is 0 Å². The fourth-order valence-electron chi connectivity index (χ4n) is 4.88. The number of hydrogen-bond donors (Lipinski definition) is 2. The molecule has 1 aliphatic rings. The lowest BCUT2D eigenvalue weighted by Gasteiger charge is -2.36. The van der Waals surface area contributed by atoms with Crippen LogP contribution in [0.2, 0.25) is 0 Å². The van der Waals surface area contributed by atoms with E-state index in [2.05, 4.69) is 44.5 Å². The molecule has 0 bridgehead atoms. The van der Waals surface area contributed by atoms with Crippen molar-refractivity contribution in [2.24, 2.45) is 5.92 Å². The molecular formula is C24H29F3N8O. The molecule has 2 N–H and O–H groups in total. The van der Waals surface area contributed by atoms with Crippen molar-refractivity contribution in [1.82, 2.24) is 29.8 Å². The maximum absolute atomic E-state index is 13.6. The summed E-state index contributed by atoms with van der Waals surface area (Å²) in [5.41, 5.74) is 2.35. The summed E-state index contributed by atoms with van der Waals surface area (Å²) in [4.78, 5) is 8.55. The molecule has 0 radical (unpaired) electrons. The van der Waals surface area contributed by atoms with E-state index in [-0.39, 0.29) is 30.0 Å². The van der Waals surface area contributed by atoms with Crippen molar-refractivity contribution >= 4 is 22.3 Å². The van der Waals surface area contributed by atoms with E-state index in [0.29, 0.717) is 16.8 Å². The maximum Gasteiger partial charge on any atom is 0.406 e. The summed E-state index contributed by atoms with van der Waals surface area (Å²) in [5, 5.41) is 15.0. The highest BCUT2D eigenvalue weighted by Gasteiger charge is 2.32.